The Bertz CT molecular complexity index is 639. The number of alkyl halides is 3. The highest BCUT2D eigenvalue weighted by atomic mass is 32.1. The predicted molar refractivity (Wildman–Crippen MR) is 80.3 cm³/mol. The lowest BCUT2D eigenvalue weighted by Crippen LogP contribution is -2.20. The molecule has 110 valence electrons. The van der Waals surface area contributed by atoms with Crippen LogP contribution in [-0.4, -0.2) is 10.1 Å². The third-order valence-corrected chi connectivity index (χ3v) is 2.92. The van der Waals surface area contributed by atoms with Crippen molar-refractivity contribution in [2.45, 2.75) is 13.1 Å². The molecule has 1 heterocycles. The SMILES string of the molecule is Cc1cccnc1NC(=S)Nc1ccc(C(F)(F)F)cc1. The van der Waals surface area contributed by atoms with Crippen LogP contribution < -0.4 is 10.6 Å². The van der Waals surface area contributed by atoms with Crippen molar-refractivity contribution in [3.8, 4) is 0 Å². The van der Waals surface area contributed by atoms with Crippen LogP contribution in [0.15, 0.2) is 42.6 Å². The summed E-state index contributed by atoms with van der Waals surface area (Å²) in [6, 6.07) is 8.31. The van der Waals surface area contributed by atoms with Crippen molar-refractivity contribution < 1.29 is 13.2 Å². The maximum atomic E-state index is 12.4. The Balaban J connectivity index is 2.02. The first-order chi connectivity index (χ1) is 9.86. The molecule has 0 aliphatic carbocycles. The van der Waals surface area contributed by atoms with E-state index in [-0.39, 0.29) is 5.11 Å². The number of hydrogen-bond acceptors (Lipinski definition) is 2. The molecule has 2 rings (SSSR count). The van der Waals surface area contributed by atoms with Crippen LogP contribution in [-0.2, 0) is 6.18 Å². The molecule has 0 saturated heterocycles. The van der Waals surface area contributed by atoms with Gasteiger partial charge in [0.1, 0.15) is 5.82 Å². The number of nitrogens with one attached hydrogen (secondary N) is 2. The highest BCUT2D eigenvalue weighted by molar-refractivity contribution is 7.80. The summed E-state index contributed by atoms with van der Waals surface area (Å²) in [7, 11) is 0. The average molecular weight is 311 g/mol. The lowest BCUT2D eigenvalue weighted by molar-refractivity contribution is -0.137. The third kappa shape index (κ3) is 4.16. The minimum atomic E-state index is -4.34. The molecule has 0 amide bonds. The molecule has 0 spiro atoms. The third-order valence-electron chi connectivity index (χ3n) is 2.71. The maximum absolute atomic E-state index is 12.4. The second kappa shape index (κ2) is 6.09. The van der Waals surface area contributed by atoms with Gasteiger partial charge in [-0.2, -0.15) is 13.2 Å². The lowest BCUT2D eigenvalue weighted by atomic mass is 10.2. The van der Waals surface area contributed by atoms with E-state index >= 15 is 0 Å². The van der Waals surface area contributed by atoms with Gasteiger partial charge in [0, 0.05) is 11.9 Å². The smallest absolute Gasteiger partial charge is 0.332 e. The fourth-order valence-electron chi connectivity index (χ4n) is 1.63. The van der Waals surface area contributed by atoms with E-state index in [9.17, 15) is 13.2 Å². The zero-order valence-electron chi connectivity index (χ0n) is 11.0. The summed E-state index contributed by atoms with van der Waals surface area (Å²) in [5.41, 5.74) is 0.677. The average Bonchev–Trinajstić information content (AvgIpc) is 2.41. The number of pyridine rings is 1. The molecule has 1 aromatic carbocycles. The Hall–Kier alpha value is -2.15. The van der Waals surface area contributed by atoms with Crippen molar-refractivity contribution >= 4 is 28.8 Å². The maximum Gasteiger partial charge on any atom is 0.416 e. The fourth-order valence-corrected chi connectivity index (χ4v) is 1.84. The van der Waals surface area contributed by atoms with Gasteiger partial charge >= 0.3 is 6.18 Å². The Kier molecular flexibility index (Phi) is 4.42. The Morgan fingerprint density at radius 1 is 1.10 bits per heavy atom. The summed E-state index contributed by atoms with van der Waals surface area (Å²) in [5.74, 6) is 0.599. The minimum Gasteiger partial charge on any atom is -0.332 e. The molecule has 0 bridgehead atoms. The number of anilines is 2. The minimum absolute atomic E-state index is 0.261. The van der Waals surface area contributed by atoms with Crippen molar-refractivity contribution in [1.82, 2.24) is 4.98 Å². The summed E-state index contributed by atoms with van der Waals surface area (Å²) in [6.45, 7) is 1.87. The van der Waals surface area contributed by atoms with Gasteiger partial charge in [0.2, 0.25) is 0 Å². The van der Waals surface area contributed by atoms with Gasteiger partial charge in [-0.05, 0) is 55.0 Å². The molecule has 0 unspecified atom stereocenters. The Labute approximate surface area is 125 Å². The van der Waals surface area contributed by atoms with E-state index in [1.807, 2.05) is 13.0 Å². The molecule has 0 atom stereocenters. The van der Waals surface area contributed by atoms with Crippen molar-refractivity contribution in [3.05, 3.63) is 53.7 Å². The number of nitrogens with zero attached hydrogens (tertiary/aromatic N) is 1. The molecule has 2 aromatic rings. The molecule has 1 aromatic heterocycles. The molecule has 0 aliphatic rings. The summed E-state index contributed by atoms with van der Waals surface area (Å²) in [5, 5.41) is 5.96. The fraction of sp³-hybridized carbons (Fsp3) is 0.143. The van der Waals surface area contributed by atoms with Crippen LogP contribution in [0.3, 0.4) is 0 Å². The van der Waals surface area contributed by atoms with Gasteiger partial charge in [0.05, 0.1) is 5.56 Å². The number of halogens is 3. The number of rotatable bonds is 2. The Morgan fingerprint density at radius 3 is 2.33 bits per heavy atom. The highest BCUT2D eigenvalue weighted by Crippen LogP contribution is 2.29. The van der Waals surface area contributed by atoms with Gasteiger partial charge in [0.15, 0.2) is 5.11 Å². The van der Waals surface area contributed by atoms with Gasteiger partial charge in [-0.15, -0.1) is 0 Å². The summed E-state index contributed by atoms with van der Waals surface area (Å²) in [6.07, 6.45) is -2.72. The molecule has 2 N–H and O–H groups in total. The van der Waals surface area contributed by atoms with Crippen molar-refractivity contribution in [2.75, 3.05) is 10.6 Å². The first kappa shape index (κ1) is 15.2. The van der Waals surface area contributed by atoms with E-state index in [4.69, 9.17) is 12.2 Å². The van der Waals surface area contributed by atoms with Crippen LogP contribution in [0, 0.1) is 6.92 Å². The van der Waals surface area contributed by atoms with Crippen molar-refractivity contribution in [1.29, 1.82) is 0 Å². The zero-order valence-corrected chi connectivity index (χ0v) is 11.8. The van der Waals surface area contributed by atoms with Crippen LogP contribution in [0.2, 0.25) is 0 Å². The molecule has 0 aliphatic heterocycles. The monoisotopic (exact) mass is 311 g/mol. The van der Waals surface area contributed by atoms with E-state index in [2.05, 4.69) is 15.6 Å². The van der Waals surface area contributed by atoms with E-state index in [1.165, 1.54) is 12.1 Å². The van der Waals surface area contributed by atoms with Gasteiger partial charge in [0.25, 0.3) is 0 Å². The summed E-state index contributed by atoms with van der Waals surface area (Å²) < 4.78 is 37.3. The molecule has 7 heteroatoms. The van der Waals surface area contributed by atoms with Crippen LogP contribution >= 0.6 is 12.2 Å². The van der Waals surface area contributed by atoms with Crippen molar-refractivity contribution in [2.24, 2.45) is 0 Å². The number of aryl methyl sites for hydroxylation is 1. The second-order valence-electron chi connectivity index (χ2n) is 4.32. The molecule has 3 nitrogen and oxygen atoms in total. The molecular weight excluding hydrogens is 299 g/mol. The zero-order chi connectivity index (χ0) is 15.5. The van der Waals surface area contributed by atoms with E-state index in [0.29, 0.717) is 11.5 Å². The topological polar surface area (TPSA) is 37.0 Å². The number of hydrogen-bond donors (Lipinski definition) is 2. The van der Waals surface area contributed by atoms with Crippen LogP contribution in [0.25, 0.3) is 0 Å². The molecular formula is C14H12F3N3S. The molecule has 0 radical (unpaired) electrons. The number of aromatic nitrogens is 1. The van der Waals surface area contributed by atoms with Gasteiger partial charge < -0.3 is 10.6 Å². The summed E-state index contributed by atoms with van der Waals surface area (Å²) >= 11 is 5.10. The molecule has 0 fully saturated rings. The Morgan fingerprint density at radius 2 is 1.76 bits per heavy atom. The van der Waals surface area contributed by atoms with Gasteiger partial charge in [-0.1, -0.05) is 6.07 Å². The van der Waals surface area contributed by atoms with Gasteiger partial charge in [-0.3, -0.25) is 0 Å². The number of thiocarbonyl (C=S) groups is 1. The largest absolute Gasteiger partial charge is 0.416 e. The first-order valence-corrected chi connectivity index (χ1v) is 6.44. The normalized spacial score (nSPS) is 11.0. The molecule has 21 heavy (non-hydrogen) atoms. The van der Waals surface area contributed by atoms with Gasteiger partial charge in [-0.25, -0.2) is 4.98 Å². The van der Waals surface area contributed by atoms with Crippen LogP contribution in [0.5, 0.6) is 0 Å². The van der Waals surface area contributed by atoms with Crippen LogP contribution in [0.1, 0.15) is 11.1 Å². The van der Waals surface area contributed by atoms with E-state index in [0.717, 1.165) is 17.7 Å². The van der Waals surface area contributed by atoms with Crippen LogP contribution in [0.4, 0.5) is 24.7 Å². The lowest BCUT2D eigenvalue weighted by Gasteiger charge is -2.12. The van der Waals surface area contributed by atoms with E-state index < -0.39 is 11.7 Å². The highest BCUT2D eigenvalue weighted by Gasteiger charge is 2.29. The van der Waals surface area contributed by atoms with E-state index in [1.54, 1.807) is 12.3 Å². The van der Waals surface area contributed by atoms with Crippen molar-refractivity contribution in [3.63, 3.8) is 0 Å². The standard InChI is InChI=1S/C14H12F3N3S/c1-9-3-2-8-18-12(9)20-13(21)19-11-6-4-10(5-7-11)14(15,16)17/h2-8H,1H3,(H2,18,19,20,21). The summed E-state index contributed by atoms with van der Waals surface area (Å²) in [4.78, 5) is 4.12. The number of benzene rings is 1. The quantitative estimate of drug-likeness (QED) is 0.814. The second-order valence-corrected chi connectivity index (χ2v) is 4.73. The predicted octanol–water partition coefficient (Wildman–Crippen LogP) is 4.22. The first-order valence-electron chi connectivity index (χ1n) is 6.03. The molecule has 0 saturated carbocycles.